The molecule has 0 saturated heterocycles. The first-order valence-electron chi connectivity index (χ1n) is 8.81. The van der Waals surface area contributed by atoms with Gasteiger partial charge in [-0.15, -0.1) is 0 Å². The van der Waals surface area contributed by atoms with Gasteiger partial charge in [-0.1, -0.05) is 42.5 Å². The molecule has 0 amide bonds. The highest BCUT2D eigenvalue weighted by molar-refractivity contribution is 7.89. The van der Waals surface area contributed by atoms with Gasteiger partial charge in [-0.25, -0.2) is 13.1 Å². The van der Waals surface area contributed by atoms with Crippen LogP contribution in [0, 0.1) is 0 Å². The number of sulfonamides is 1. The summed E-state index contributed by atoms with van der Waals surface area (Å²) < 4.78 is 30.2. The van der Waals surface area contributed by atoms with Crippen LogP contribution in [0.2, 0.25) is 0 Å². The standard InChI is InChI=1S/C21H25N3O2S/c1-23(2)21(20-10-7-15-24(20)3)16-22-27(25,26)19-13-11-18(12-14-19)17-8-5-4-6-9-17/h4-15,21-22H,16H2,1-3H3. The van der Waals surface area contributed by atoms with E-state index in [1.807, 2.05) is 91.4 Å². The van der Waals surface area contributed by atoms with Crippen LogP contribution in [0.5, 0.6) is 0 Å². The molecule has 27 heavy (non-hydrogen) atoms. The molecule has 0 aliphatic rings. The molecule has 1 aromatic heterocycles. The van der Waals surface area contributed by atoms with E-state index in [4.69, 9.17) is 0 Å². The van der Waals surface area contributed by atoms with Crippen LogP contribution in [0.3, 0.4) is 0 Å². The van der Waals surface area contributed by atoms with Crippen molar-refractivity contribution in [2.24, 2.45) is 7.05 Å². The molecule has 0 aliphatic heterocycles. The minimum atomic E-state index is -3.58. The number of nitrogens with zero attached hydrogens (tertiary/aromatic N) is 2. The summed E-state index contributed by atoms with van der Waals surface area (Å²) in [6, 6.07) is 20.8. The molecule has 142 valence electrons. The Morgan fingerprint density at radius 2 is 1.56 bits per heavy atom. The molecule has 0 saturated carbocycles. The lowest BCUT2D eigenvalue weighted by molar-refractivity contribution is 0.289. The molecule has 1 heterocycles. The molecule has 2 aromatic carbocycles. The number of hydrogen-bond acceptors (Lipinski definition) is 3. The fraction of sp³-hybridized carbons (Fsp3) is 0.238. The van der Waals surface area contributed by atoms with Gasteiger partial charge in [0.05, 0.1) is 10.9 Å². The van der Waals surface area contributed by atoms with Crippen molar-refractivity contribution in [3.63, 3.8) is 0 Å². The van der Waals surface area contributed by atoms with Crippen molar-refractivity contribution in [2.45, 2.75) is 10.9 Å². The molecule has 0 radical (unpaired) electrons. The monoisotopic (exact) mass is 383 g/mol. The van der Waals surface area contributed by atoms with Crippen molar-refractivity contribution in [3.8, 4) is 11.1 Å². The quantitative estimate of drug-likeness (QED) is 0.681. The van der Waals surface area contributed by atoms with Gasteiger partial charge in [0.2, 0.25) is 10.0 Å². The minimum Gasteiger partial charge on any atom is -0.353 e. The maximum Gasteiger partial charge on any atom is 0.240 e. The lowest BCUT2D eigenvalue weighted by Crippen LogP contribution is -2.35. The second-order valence-corrected chi connectivity index (χ2v) is 8.53. The number of likely N-dealkylation sites (N-methyl/N-ethyl adjacent to an activating group) is 1. The summed E-state index contributed by atoms with van der Waals surface area (Å²) >= 11 is 0. The maximum absolute atomic E-state index is 12.7. The second-order valence-electron chi connectivity index (χ2n) is 6.77. The molecular weight excluding hydrogens is 358 g/mol. The highest BCUT2D eigenvalue weighted by Gasteiger charge is 2.21. The summed E-state index contributed by atoms with van der Waals surface area (Å²) in [6.45, 7) is 0.299. The molecule has 0 fully saturated rings. The van der Waals surface area contributed by atoms with E-state index in [-0.39, 0.29) is 10.9 Å². The summed E-state index contributed by atoms with van der Waals surface area (Å²) in [6.07, 6.45) is 1.96. The zero-order valence-corrected chi connectivity index (χ0v) is 16.6. The smallest absolute Gasteiger partial charge is 0.240 e. The van der Waals surface area contributed by atoms with Gasteiger partial charge < -0.3 is 4.57 Å². The molecule has 6 heteroatoms. The fourth-order valence-corrected chi connectivity index (χ4v) is 4.14. The molecular formula is C21H25N3O2S. The van der Waals surface area contributed by atoms with Crippen molar-refractivity contribution in [3.05, 3.63) is 78.6 Å². The molecule has 1 N–H and O–H groups in total. The summed E-state index contributed by atoms with van der Waals surface area (Å²) in [5.41, 5.74) is 3.11. The summed E-state index contributed by atoms with van der Waals surface area (Å²) in [5, 5.41) is 0. The zero-order valence-electron chi connectivity index (χ0n) is 15.8. The summed E-state index contributed by atoms with van der Waals surface area (Å²) in [4.78, 5) is 2.28. The average Bonchev–Trinajstić information content (AvgIpc) is 3.08. The normalized spacial score (nSPS) is 13.0. The Labute approximate surface area is 161 Å². The third-order valence-electron chi connectivity index (χ3n) is 4.69. The van der Waals surface area contributed by atoms with Gasteiger partial charge in [-0.3, -0.25) is 4.90 Å². The van der Waals surface area contributed by atoms with E-state index in [9.17, 15) is 8.42 Å². The van der Waals surface area contributed by atoms with Gasteiger partial charge >= 0.3 is 0 Å². The van der Waals surface area contributed by atoms with Crippen molar-refractivity contribution in [1.29, 1.82) is 0 Å². The topological polar surface area (TPSA) is 54.3 Å². The molecule has 0 aliphatic carbocycles. The second kappa shape index (κ2) is 8.08. The molecule has 5 nitrogen and oxygen atoms in total. The Morgan fingerprint density at radius 3 is 2.11 bits per heavy atom. The number of hydrogen-bond donors (Lipinski definition) is 1. The van der Waals surface area contributed by atoms with Gasteiger partial charge in [-0.05, 0) is 49.5 Å². The largest absolute Gasteiger partial charge is 0.353 e. The van der Waals surface area contributed by atoms with Crippen LogP contribution in [0.1, 0.15) is 11.7 Å². The van der Waals surface area contributed by atoms with Crippen molar-refractivity contribution < 1.29 is 8.42 Å². The predicted octanol–water partition coefficient (Wildman–Crippen LogP) is 3.27. The van der Waals surface area contributed by atoms with Crippen molar-refractivity contribution in [1.82, 2.24) is 14.2 Å². The Morgan fingerprint density at radius 1 is 0.926 bits per heavy atom. The molecule has 1 atom stereocenters. The number of aryl methyl sites for hydroxylation is 1. The lowest BCUT2D eigenvalue weighted by atomic mass is 10.1. The summed E-state index contributed by atoms with van der Waals surface area (Å²) in [7, 11) is 2.27. The molecule has 0 spiro atoms. The number of benzene rings is 2. The SMILES string of the molecule is CN(C)C(CNS(=O)(=O)c1ccc(-c2ccccc2)cc1)c1cccn1C. The molecule has 0 bridgehead atoms. The molecule has 1 unspecified atom stereocenters. The Bertz CT molecular complexity index is 978. The third kappa shape index (κ3) is 4.47. The van der Waals surface area contributed by atoms with Crippen LogP contribution in [0.25, 0.3) is 11.1 Å². The van der Waals surface area contributed by atoms with Crippen LogP contribution in [0.15, 0.2) is 77.8 Å². The van der Waals surface area contributed by atoms with E-state index in [0.717, 1.165) is 16.8 Å². The van der Waals surface area contributed by atoms with Crippen molar-refractivity contribution in [2.75, 3.05) is 20.6 Å². The average molecular weight is 384 g/mol. The first kappa shape index (κ1) is 19.4. The van der Waals surface area contributed by atoms with E-state index in [1.165, 1.54) is 0 Å². The van der Waals surface area contributed by atoms with E-state index in [0.29, 0.717) is 6.54 Å². The van der Waals surface area contributed by atoms with Crippen molar-refractivity contribution >= 4 is 10.0 Å². The Hall–Kier alpha value is -2.41. The van der Waals surface area contributed by atoms with Gasteiger partial charge in [0.1, 0.15) is 0 Å². The zero-order chi connectivity index (χ0) is 19.4. The van der Waals surface area contributed by atoms with E-state index < -0.39 is 10.0 Å². The maximum atomic E-state index is 12.7. The van der Waals surface area contributed by atoms with Crippen LogP contribution in [-0.2, 0) is 17.1 Å². The van der Waals surface area contributed by atoms with E-state index >= 15 is 0 Å². The lowest BCUT2D eigenvalue weighted by Gasteiger charge is -2.25. The number of nitrogens with one attached hydrogen (secondary N) is 1. The first-order chi connectivity index (χ1) is 12.9. The highest BCUT2D eigenvalue weighted by atomic mass is 32.2. The predicted molar refractivity (Wildman–Crippen MR) is 109 cm³/mol. The van der Waals surface area contributed by atoms with Crippen LogP contribution >= 0.6 is 0 Å². The first-order valence-corrected chi connectivity index (χ1v) is 10.3. The van der Waals surface area contributed by atoms with Gasteiger partial charge in [0.25, 0.3) is 0 Å². The Kier molecular flexibility index (Phi) is 5.79. The summed E-state index contributed by atoms with van der Waals surface area (Å²) in [5.74, 6) is 0. The number of rotatable bonds is 7. The number of aromatic nitrogens is 1. The van der Waals surface area contributed by atoms with Crippen LogP contribution < -0.4 is 4.72 Å². The van der Waals surface area contributed by atoms with Gasteiger partial charge in [0.15, 0.2) is 0 Å². The molecule has 3 rings (SSSR count). The van der Waals surface area contributed by atoms with E-state index in [1.54, 1.807) is 12.1 Å². The molecule has 3 aromatic rings. The minimum absolute atomic E-state index is 0.0524. The third-order valence-corrected chi connectivity index (χ3v) is 6.13. The van der Waals surface area contributed by atoms with Crippen LogP contribution in [0.4, 0.5) is 0 Å². The van der Waals surface area contributed by atoms with E-state index in [2.05, 4.69) is 4.72 Å². The van der Waals surface area contributed by atoms with Crippen LogP contribution in [-0.4, -0.2) is 38.5 Å². The Balaban J connectivity index is 1.75. The van der Waals surface area contributed by atoms with Gasteiger partial charge in [-0.2, -0.15) is 0 Å². The van der Waals surface area contributed by atoms with Gasteiger partial charge in [0, 0.05) is 25.5 Å². The highest BCUT2D eigenvalue weighted by Crippen LogP contribution is 2.22. The fourth-order valence-electron chi connectivity index (χ4n) is 3.10.